The summed E-state index contributed by atoms with van der Waals surface area (Å²) in [4.78, 5) is 26.7. The molecule has 0 saturated carbocycles. The number of nitrogens with zero attached hydrogens (tertiary/aromatic N) is 2. The van der Waals surface area contributed by atoms with Gasteiger partial charge in [-0.3, -0.25) is 14.5 Å². The van der Waals surface area contributed by atoms with E-state index in [9.17, 15) is 14.9 Å². The van der Waals surface area contributed by atoms with E-state index < -0.39 is 11.1 Å². The number of methoxy groups -OCH3 is 1. The summed E-state index contributed by atoms with van der Waals surface area (Å²) >= 11 is 13.4. The predicted octanol–water partition coefficient (Wildman–Crippen LogP) is 6.57. The highest BCUT2D eigenvalue weighted by atomic mass is 35.5. The third-order valence-electron chi connectivity index (χ3n) is 5.34. The number of para-hydroxylation sites is 1. The van der Waals surface area contributed by atoms with Crippen LogP contribution in [0.3, 0.4) is 0 Å². The van der Waals surface area contributed by atoms with Gasteiger partial charge in [0, 0.05) is 5.56 Å². The molecule has 0 unspecified atom stereocenters. The number of imide groups is 1. The Balaban J connectivity index is 1.46. The molecule has 2 amide bonds. The zero-order valence-corrected chi connectivity index (χ0v) is 21.9. The van der Waals surface area contributed by atoms with Gasteiger partial charge >= 0.3 is 0 Å². The van der Waals surface area contributed by atoms with Crippen molar-refractivity contribution in [3.8, 4) is 23.3 Å². The second-order valence-corrected chi connectivity index (χ2v) is 9.51. The van der Waals surface area contributed by atoms with Gasteiger partial charge in [0.2, 0.25) is 0 Å². The minimum atomic E-state index is -0.429. The van der Waals surface area contributed by atoms with Crippen molar-refractivity contribution in [2.24, 2.45) is 0 Å². The predicted molar refractivity (Wildman–Crippen MR) is 143 cm³/mol. The normalized spacial score (nSPS) is 14.1. The molecule has 10 heteroatoms. The fourth-order valence-corrected chi connectivity index (χ4v) is 4.85. The van der Waals surface area contributed by atoms with Crippen molar-refractivity contribution in [2.75, 3.05) is 20.3 Å². The molecule has 0 atom stereocenters. The summed E-state index contributed by atoms with van der Waals surface area (Å²) in [5, 5.41) is 9.59. The molecule has 3 aromatic carbocycles. The van der Waals surface area contributed by atoms with E-state index in [0.717, 1.165) is 16.7 Å². The lowest BCUT2D eigenvalue weighted by atomic mass is 10.1. The summed E-state index contributed by atoms with van der Waals surface area (Å²) in [6.07, 6.45) is 1.57. The molecule has 7 nitrogen and oxygen atoms in total. The Bertz CT molecular complexity index is 1420. The van der Waals surface area contributed by atoms with E-state index >= 15 is 0 Å². The number of nitriles is 1. The average molecular weight is 555 g/mol. The Labute approximate surface area is 228 Å². The molecule has 1 heterocycles. The fourth-order valence-electron chi connectivity index (χ4n) is 3.52. The van der Waals surface area contributed by atoms with Crippen LogP contribution >= 0.6 is 35.0 Å². The van der Waals surface area contributed by atoms with Crippen molar-refractivity contribution < 1.29 is 23.8 Å². The first-order valence-electron chi connectivity index (χ1n) is 11.0. The highest BCUT2D eigenvalue weighted by Gasteiger charge is 2.35. The van der Waals surface area contributed by atoms with E-state index in [2.05, 4.69) is 6.07 Å². The van der Waals surface area contributed by atoms with E-state index in [1.165, 1.54) is 7.11 Å². The summed E-state index contributed by atoms with van der Waals surface area (Å²) < 4.78 is 16.9. The minimum absolute atomic E-state index is 0.0776. The van der Waals surface area contributed by atoms with Gasteiger partial charge < -0.3 is 14.2 Å². The Morgan fingerprint density at radius 1 is 1.00 bits per heavy atom. The Morgan fingerprint density at radius 2 is 1.76 bits per heavy atom. The number of hydrogen-bond donors (Lipinski definition) is 0. The van der Waals surface area contributed by atoms with Crippen LogP contribution in [-0.4, -0.2) is 36.3 Å². The first-order valence-corrected chi connectivity index (χ1v) is 12.6. The quantitative estimate of drug-likeness (QED) is 0.276. The molecule has 1 aliphatic rings. The fraction of sp³-hybridized carbons (Fsp3) is 0.148. The highest BCUT2D eigenvalue weighted by Crippen LogP contribution is 2.39. The third kappa shape index (κ3) is 6.20. The van der Waals surface area contributed by atoms with E-state index in [0.29, 0.717) is 39.0 Å². The van der Waals surface area contributed by atoms with Gasteiger partial charge in [0.1, 0.15) is 19.0 Å². The van der Waals surface area contributed by atoms with E-state index in [1.807, 2.05) is 6.07 Å². The molecular weight excluding hydrogens is 535 g/mol. The maximum atomic E-state index is 12.9. The molecule has 1 fully saturated rings. The molecule has 3 aromatic rings. The number of hydrogen-bond acceptors (Lipinski definition) is 7. The van der Waals surface area contributed by atoms with Gasteiger partial charge in [0.15, 0.2) is 11.5 Å². The number of rotatable bonds is 9. The van der Waals surface area contributed by atoms with Gasteiger partial charge in [-0.2, -0.15) is 5.26 Å². The monoisotopic (exact) mass is 554 g/mol. The number of ether oxygens (including phenoxy) is 3. The average Bonchev–Trinajstić information content (AvgIpc) is 3.16. The van der Waals surface area contributed by atoms with Crippen molar-refractivity contribution in [2.45, 2.75) is 6.61 Å². The van der Waals surface area contributed by atoms with Crippen LogP contribution < -0.4 is 14.2 Å². The van der Waals surface area contributed by atoms with Crippen LogP contribution in [0.4, 0.5) is 4.79 Å². The molecule has 0 aromatic heterocycles. The number of halogens is 2. The van der Waals surface area contributed by atoms with Gasteiger partial charge in [-0.1, -0.05) is 53.5 Å². The van der Waals surface area contributed by atoms with Crippen LogP contribution in [0.1, 0.15) is 16.7 Å². The largest absolute Gasteiger partial charge is 0.493 e. The molecule has 0 bridgehead atoms. The van der Waals surface area contributed by atoms with Crippen molar-refractivity contribution in [3.63, 3.8) is 0 Å². The maximum absolute atomic E-state index is 12.9. The standard InChI is InChI=1S/C27H20Cl2N2O5S/c1-34-23-13-17(12-21(29)25(23)36-16-19-7-3-2-6-18(19)15-30)14-24-26(32)31(27(33)37-24)10-11-35-22-9-5-4-8-20(22)28/h2-9,12-14H,10-11,16H2,1H3/b24-14-. The molecule has 0 aliphatic carbocycles. The molecule has 188 valence electrons. The lowest BCUT2D eigenvalue weighted by molar-refractivity contribution is -0.123. The molecule has 1 aliphatic heterocycles. The van der Waals surface area contributed by atoms with Crippen LogP contribution in [0.25, 0.3) is 6.08 Å². The lowest BCUT2D eigenvalue weighted by Crippen LogP contribution is -2.32. The van der Waals surface area contributed by atoms with Crippen LogP contribution in [0.15, 0.2) is 65.6 Å². The maximum Gasteiger partial charge on any atom is 0.293 e. The Kier molecular flexibility index (Phi) is 8.62. The van der Waals surface area contributed by atoms with Crippen molar-refractivity contribution >= 4 is 52.2 Å². The van der Waals surface area contributed by atoms with Crippen LogP contribution in [0, 0.1) is 11.3 Å². The second kappa shape index (κ2) is 12.1. The molecule has 1 saturated heterocycles. The Hall–Kier alpha value is -3.64. The van der Waals surface area contributed by atoms with E-state index in [-0.39, 0.29) is 29.7 Å². The van der Waals surface area contributed by atoms with Gasteiger partial charge in [-0.15, -0.1) is 0 Å². The molecular formula is C27H20Cl2N2O5S. The first kappa shape index (κ1) is 26.4. The number of carbonyl (C=O) groups is 2. The summed E-state index contributed by atoms with van der Waals surface area (Å²) in [6.45, 7) is 0.304. The lowest BCUT2D eigenvalue weighted by Gasteiger charge is -2.14. The van der Waals surface area contributed by atoms with Crippen molar-refractivity contribution in [1.82, 2.24) is 4.90 Å². The van der Waals surface area contributed by atoms with Gasteiger partial charge in [0.05, 0.1) is 40.2 Å². The molecule has 0 spiro atoms. The smallest absolute Gasteiger partial charge is 0.293 e. The summed E-state index contributed by atoms with van der Waals surface area (Å²) in [6, 6.07) is 19.5. The molecule has 37 heavy (non-hydrogen) atoms. The summed E-state index contributed by atoms with van der Waals surface area (Å²) in [7, 11) is 1.47. The number of benzene rings is 3. The summed E-state index contributed by atoms with van der Waals surface area (Å²) in [5.74, 6) is 0.701. The van der Waals surface area contributed by atoms with Gasteiger partial charge in [-0.05, 0) is 53.7 Å². The van der Waals surface area contributed by atoms with E-state index in [4.69, 9.17) is 37.4 Å². The molecule has 4 rings (SSSR count). The highest BCUT2D eigenvalue weighted by molar-refractivity contribution is 8.18. The number of thioether (sulfide) groups is 1. The van der Waals surface area contributed by atoms with E-state index in [1.54, 1.807) is 60.7 Å². The van der Waals surface area contributed by atoms with Crippen molar-refractivity contribution in [1.29, 1.82) is 5.26 Å². The molecule has 0 radical (unpaired) electrons. The van der Waals surface area contributed by atoms with Gasteiger partial charge in [0.25, 0.3) is 11.1 Å². The van der Waals surface area contributed by atoms with Crippen LogP contribution in [-0.2, 0) is 11.4 Å². The zero-order chi connectivity index (χ0) is 26.4. The second-order valence-electron chi connectivity index (χ2n) is 7.70. The van der Waals surface area contributed by atoms with Crippen molar-refractivity contribution in [3.05, 3.63) is 92.3 Å². The first-order chi connectivity index (χ1) is 17.9. The molecule has 0 N–H and O–H groups in total. The minimum Gasteiger partial charge on any atom is -0.493 e. The summed E-state index contributed by atoms with van der Waals surface area (Å²) in [5.41, 5.74) is 1.77. The van der Waals surface area contributed by atoms with Crippen LogP contribution in [0.2, 0.25) is 10.0 Å². The topological polar surface area (TPSA) is 88.9 Å². The van der Waals surface area contributed by atoms with Crippen LogP contribution in [0.5, 0.6) is 17.2 Å². The number of carbonyl (C=O) groups excluding carboxylic acids is 2. The number of amides is 2. The SMILES string of the molecule is COc1cc(/C=C2\SC(=O)N(CCOc3ccccc3Cl)C2=O)cc(Cl)c1OCc1ccccc1C#N. The zero-order valence-electron chi connectivity index (χ0n) is 19.6. The van der Waals surface area contributed by atoms with Gasteiger partial charge in [-0.25, -0.2) is 0 Å². The third-order valence-corrected chi connectivity index (χ3v) is 6.84. The Morgan fingerprint density at radius 3 is 2.51 bits per heavy atom.